The summed E-state index contributed by atoms with van der Waals surface area (Å²) in [7, 11) is 0. The van der Waals surface area contributed by atoms with Crippen LogP contribution in [0.2, 0.25) is 0 Å². The molecule has 7 nitrogen and oxygen atoms in total. The summed E-state index contributed by atoms with van der Waals surface area (Å²) in [5.41, 5.74) is -0.564. The summed E-state index contributed by atoms with van der Waals surface area (Å²) in [5.74, 6) is -1.74. The molecule has 1 aromatic carbocycles. The van der Waals surface area contributed by atoms with Gasteiger partial charge in [0.15, 0.2) is 0 Å². The van der Waals surface area contributed by atoms with Crippen molar-refractivity contribution in [3.63, 3.8) is 0 Å². The summed E-state index contributed by atoms with van der Waals surface area (Å²) in [6.07, 6.45) is 0.708. The second-order valence-electron chi connectivity index (χ2n) is 5.67. The number of hydrogen-bond acceptors (Lipinski definition) is 4. The van der Waals surface area contributed by atoms with Crippen LogP contribution in [-0.4, -0.2) is 49.2 Å². The number of nitrogens with one attached hydrogen (secondary N) is 2. The van der Waals surface area contributed by atoms with Crippen LogP contribution < -0.4 is 10.6 Å². The van der Waals surface area contributed by atoms with Crippen molar-refractivity contribution in [2.45, 2.75) is 12.8 Å². The van der Waals surface area contributed by atoms with Gasteiger partial charge in [0.2, 0.25) is 5.91 Å². The van der Waals surface area contributed by atoms with Gasteiger partial charge in [0.05, 0.1) is 12.0 Å². The maximum Gasteiger partial charge on any atom is 0.311 e. The second kappa shape index (κ2) is 8.25. The van der Waals surface area contributed by atoms with E-state index >= 15 is 0 Å². The number of hydrogen-bond donors (Lipinski definition) is 3. The number of carbonyl (C=O) groups excluding carboxylic acids is 2. The molecule has 0 aromatic heterocycles. The van der Waals surface area contributed by atoms with Gasteiger partial charge < -0.3 is 20.5 Å². The van der Waals surface area contributed by atoms with Crippen molar-refractivity contribution in [2.24, 2.45) is 5.41 Å². The highest BCUT2D eigenvalue weighted by atomic mass is 79.9. The van der Waals surface area contributed by atoms with Crippen molar-refractivity contribution in [1.29, 1.82) is 0 Å². The van der Waals surface area contributed by atoms with Gasteiger partial charge in [-0.05, 0) is 31.0 Å². The monoisotopic (exact) mass is 398 g/mol. The summed E-state index contributed by atoms with van der Waals surface area (Å²) < 4.78 is 5.95. The van der Waals surface area contributed by atoms with E-state index in [1.807, 2.05) is 0 Å². The van der Waals surface area contributed by atoms with E-state index in [2.05, 4.69) is 26.6 Å². The van der Waals surface area contributed by atoms with Crippen LogP contribution in [0.4, 0.5) is 0 Å². The van der Waals surface area contributed by atoms with Crippen molar-refractivity contribution in [3.8, 4) is 0 Å². The molecule has 1 aromatic rings. The first-order chi connectivity index (χ1) is 11.4. The fourth-order valence-electron chi connectivity index (χ4n) is 2.45. The van der Waals surface area contributed by atoms with Crippen molar-refractivity contribution in [2.75, 3.05) is 26.3 Å². The third-order valence-corrected chi connectivity index (χ3v) is 4.52. The number of carboxylic acid groups (broad SMARTS) is 1. The average Bonchev–Trinajstić information content (AvgIpc) is 2.58. The number of carboxylic acids is 1. The average molecular weight is 399 g/mol. The van der Waals surface area contributed by atoms with Crippen LogP contribution in [0.25, 0.3) is 0 Å². The number of ether oxygens (including phenoxy) is 1. The molecule has 8 heteroatoms. The van der Waals surface area contributed by atoms with E-state index in [0.29, 0.717) is 31.6 Å². The lowest BCUT2D eigenvalue weighted by atomic mass is 9.80. The molecular formula is C16H19BrN2O5. The summed E-state index contributed by atoms with van der Waals surface area (Å²) in [4.78, 5) is 35.3. The first-order valence-corrected chi connectivity index (χ1v) is 8.34. The highest BCUT2D eigenvalue weighted by Crippen LogP contribution is 2.29. The molecule has 0 spiro atoms. The van der Waals surface area contributed by atoms with E-state index in [1.54, 1.807) is 24.3 Å². The van der Waals surface area contributed by atoms with Gasteiger partial charge >= 0.3 is 5.97 Å². The Hall–Kier alpha value is -1.93. The molecule has 1 saturated heterocycles. The smallest absolute Gasteiger partial charge is 0.311 e. The molecule has 0 bridgehead atoms. The predicted octanol–water partition coefficient (Wildman–Crippen LogP) is 1.18. The van der Waals surface area contributed by atoms with E-state index in [1.165, 1.54) is 0 Å². The van der Waals surface area contributed by atoms with Gasteiger partial charge in [0.1, 0.15) is 0 Å². The molecule has 130 valence electrons. The first-order valence-electron chi connectivity index (χ1n) is 7.54. The molecule has 1 aliphatic heterocycles. The Kier molecular flexibility index (Phi) is 6.33. The van der Waals surface area contributed by atoms with Crippen molar-refractivity contribution < 1.29 is 24.2 Å². The topological polar surface area (TPSA) is 105 Å². The molecule has 1 aliphatic rings. The van der Waals surface area contributed by atoms with Gasteiger partial charge in [0.25, 0.3) is 5.91 Å². The molecule has 24 heavy (non-hydrogen) atoms. The molecule has 0 atom stereocenters. The van der Waals surface area contributed by atoms with Gasteiger partial charge in [-0.25, -0.2) is 0 Å². The third-order valence-electron chi connectivity index (χ3n) is 4.02. The van der Waals surface area contributed by atoms with Crippen LogP contribution in [-0.2, 0) is 14.3 Å². The van der Waals surface area contributed by atoms with Crippen LogP contribution in [0.15, 0.2) is 28.7 Å². The Morgan fingerprint density at radius 2 is 1.92 bits per heavy atom. The number of carbonyl (C=O) groups is 3. The standard InChI is InChI=1S/C16H19BrN2O5/c17-12-3-1-2-11(8-12)14(21)18-9-13(20)19-10-16(15(22)23)4-6-24-7-5-16/h1-3,8H,4-7,9-10H2,(H,18,21)(H,19,20)(H,22,23). The minimum Gasteiger partial charge on any atom is -0.481 e. The maximum atomic E-state index is 12.0. The predicted molar refractivity (Wildman–Crippen MR) is 89.6 cm³/mol. The molecule has 0 unspecified atom stereocenters. The molecule has 0 aliphatic carbocycles. The number of rotatable bonds is 6. The van der Waals surface area contributed by atoms with E-state index < -0.39 is 17.3 Å². The Balaban J connectivity index is 1.82. The molecule has 0 radical (unpaired) electrons. The Labute approximate surface area is 147 Å². The van der Waals surface area contributed by atoms with Gasteiger partial charge in [0, 0.05) is 29.8 Å². The highest BCUT2D eigenvalue weighted by Gasteiger charge is 2.40. The van der Waals surface area contributed by atoms with Crippen LogP contribution in [0.5, 0.6) is 0 Å². The first kappa shape index (κ1) is 18.4. The van der Waals surface area contributed by atoms with Crippen LogP contribution >= 0.6 is 15.9 Å². The largest absolute Gasteiger partial charge is 0.481 e. The zero-order chi connectivity index (χ0) is 17.6. The summed E-state index contributed by atoms with van der Waals surface area (Å²) in [5, 5.41) is 14.5. The van der Waals surface area contributed by atoms with E-state index in [-0.39, 0.29) is 19.0 Å². The number of aliphatic carboxylic acids is 1. The van der Waals surface area contributed by atoms with E-state index in [4.69, 9.17) is 4.74 Å². The van der Waals surface area contributed by atoms with Crippen molar-refractivity contribution in [3.05, 3.63) is 34.3 Å². The summed E-state index contributed by atoms with van der Waals surface area (Å²) >= 11 is 3.27. The minimum absolute atomic E-state index is 0.0251. The summed E-state index contributed by atoms with van der Waals surface area (Å²) in [6.45, 7) is 0.540. The van der Waals surface area contributed by atoms with E-state index in [9.17, 15) is 19.5 Å². The highest BCUT2D eigenvalue weighted by molar-refractivity contribution is 9.10. The molecule has 0 saturated carbocycles. The Morgan fingerprint density at radius 3 is 2.54 bits per heavy atom. The molecule has 3 N–H and O–H groups in total. The van der Waals surface area contributed by atoms with Gasteiger partial charge in [-0.1, -0.05) is 22.0 Å². The lowest BCUT2D eigenvalue weighted by molar-refractivity contribution is -0.154. The SMILES string of the molecule is O=C(CNC(=O)c1cccc(Br)c1)NCC1(C(=O)O)CCOCC1. The lowest BCUT2D eigenvalue weighted by Crippen LogP contribution is -2.48. The van der Waals surface area contributed by atoms with Crippen molar-refractivity contribution in [1.82, 2.24) is 10.6 Å². The fourth-order valence-corrected chi connectivity index (χ4v) is 2.85. The van der Waals surface area contributed by atoms with Gasteiger partial charge in [-0.2, -0.15) is 0 Å². The maximum absolute atomic E-state index is 12.0. The second-order valence-corrected chi connectivity index (χ2v) is 6.58. The van der Waals surface area contributed by atoms with E-state index in [0.717, 1.165) is 4.47 Å². The quantitative estimate of drug-likeness (QED) is 0.667. The minimum atomic E-state index is -0.998. The number of halogens is 1. The number of benzene rings is 1. The van der Waals surface area contributed by atoms with Crippen molar-refractivity contribution >= 4 is 33.7 Å². The zero-order valence-corrected chi connectivity index (χ0v) is 14.6. The Morgan fingerprint density at radius 1 is 1.21 bits per heavy atom. The zero-order valence-electron chi connectivity index (χ0n) is 13.0. The van der Waals surface area contributed by atoms with Gasteiger partial charge in [-0.15, -0.1) is 0 Å². The van der Waals surface area contributed by atoms with Crippen LogP contribution in [0.3, 0.4) is 0 Å². The van der Waals surface area contributed by atoms with Crippen LogP contribution in [0.1, 0.15) is 23.2 Å². The van der Waals surface area contributed by atoms with Crippen LogP contribution in [0, 0.1) is 5.41 Å². The third kappa shape index (κ3) is 4.78. The molecule has 1 heterocycles. The Bertz CT molecular complexity index is 629. The summed E-state index contributed by atoms with van der Waals surface area (Å²) in [6, 6.07) is 6.80. The molecule has 1 fully saturated rings. The lowest BCUT2D eigenvalue weighted by Gasteiger charge is -2.33. The molecule has 2 amide bonds. The number of amides is 2. The van der Waals surface area contributed by atoms with Gasteiger partial charge in [-0.3, -0.25) is 14.4 Å². The molecular weight excluding hydrogens is 380 g/mol. The fraction of sp³-hybridized carbons (Fsp3) is 0.438. The molecule has 2 rings (SSSR count). The normalized spacial score (nSPS) is 16.2.